The molecule has 3 aromatic rings. The summed E-state index contributed by atoms with van der Waals surface area (Å²) >= 11 is 1.74. The Morgan fingerprint density at radius 2 is 1.89 bits per heavy atom. The van der Waals surface area contributed by atoms with Crippen LogP contribution >= 0.6 is 11.3 Å². The SMILES string of the molecule is CCCN1C(=O)C(C)N=C(c2ccc(C)c(C)c2)c2sc3ccccc3c21. The summed E-state index contributed by atoms with van der Waals surface area (Å²) in [6, 6.07) is 14.4. The van der Waals surface area contributed by atoms with Crippen molar-refractivity contribution in [1.29, 1.82) is 0 Å². The van der Waals surface area contributed by atoms with Gasteiger partial charge in [0.25, 0.3) is 5.91 Å². The summed E-state index contributed by atoms with van der Waals surface area (Å²) in [6.45, 7) is 8.98. The molecule has 1 aliphatic heterocycles. The van der Waals surface area contributed by atoms with Gasteiger partial charge in [-0.3, -0.25) is 9.79 Å². The highest BCUT2D eigenvalue weighted by Crippen LogP contribution is 2.42. The van der Waals surface area contributed by atoms with Gasteiger partial charge in [-0.05, 0) is 50.5 Å². The van der Waals surface area contributed by atoms with Gasteiger partial charge >= 0.3 is 0 Å². The first-order valence-electron chi connectivity index (χ1n) is 9.50. The van der Waals surface area contributed by atoms with Crippen molar-refractivity contribution in [2.45, 2.75) is 40.2 Å². The number of hydrogen-bond acceptors (Lipinski definition) is 3. The number of aryl methyl sites for hydroxylation is 2. The average Bonchev–Trinajstić information content (AvgIpc) is 3.00. The molecule has 4 rings (SSSR count). The van der Waals surface area contributed by atoms with Crippen molar-refractivity contribution in [2.75, 3.05) is 11.4 Å². The molecule has 1 aromatic heterocycles. The van der Waals surface area contributed by atoms with Crippen LogP contribution in [0.4, 0.5) is 5.69 Å². The van der Waals surface area contributed by atoms with Crippen LogP contribution in [-0.4, -0.2) is 24.2 Å². The lowest BCUT2D eigenvalue weighted by molar-refractivity contribution is -0.119. The molecule has 0 aliphatic carbocycles. The molecule has 3 nitrogen and oxygen atoms in total. The Morgan fingerprint density at radius 1 is 1.11 bits per heavy atom. The van der Waals surface area contributed by atoms with Crippen LogP contribution in [0.15, 0.2) is 47.5 Å². The number of fused-ring (bicyclic) bond motifs is 3. The molecule has 1 unspecified atom stereocenters. The highest BCUT2D eigenvalue weighted by atomic mass is 32.1. The molecule has 0 bridgehead atoms. The van der Waals surface area contributed by atoms with Crippen LogP contribution in [0.5, 0.6) is 0 Å². The molecule has 4 heteroatoms. The number of amides is 1. The Kier molecular flexibility index (Phi) is 4.60. The summed E-state index contributed by atoms with van der Waals surface area (Å²) in [5, 5.41) is 1.14. The lowest BCUT2D eigenvalue weighted by Gasteiger charge is -2.22. The van der Waals surface area contributed by atoms with Crippen LogP contribution in [0.3, 0.4) is 0 Å². The number of hydrogen-bond donors (Lipinski definition) is 0. The largest absolute Gasteiger partial charge is 0.308 e. The van der Waals surface area contributed by atoms with Gasteiger partial charge in [-0.2, -0.15) is 0 Å². The predicted molar refractivity (Wildman–Crippen MR) is 115 cm³/mol. The molecule has 1 atom stereocenters. The molecule has 0 spiro atoms. The number of carbonyl (C=O) groups excluding carboxylic acids is 1. The number of rotatable bonds is 3. The van der Waals surface area contributed by atoms with Gasteiger partial charge in [0.05, 0.1) is 16.3 Å². The van der Waals surface area contributed by atoms with Crippen LogP contribution < -0.4 is 4.90 Å². The van der Waals surface area contributed by atoms with Gasteiger partial charge in [-0.1, -0.05) is 37.3 Å². The minimum atomic E-state index is -0.383. The Morgan fingerprint density at radius 3 is 2.63 bits per heavy atom. The summed E-state index contributed by atoms with van der Waals surface area (Å²) in [5.41, 5.74) is 5.56. The first-order valence-corrected chi connectivity index (χ1v) is 10.3. The van der Waals surface area contributed by atoms with Crippen LogP contribution in [0.2, 0.25) is 0 Å². The maximum atomic E-state index is 13.2. The van der Waals surface area contributed by atoms with E-state index >= 15 is 0 Å². The van der Waals surface area contributed by atoms with E-state index in [1.807, 2.05) is 17.9 Å². The van der Waals surface area contributed by atoms with Gasteiger partial charge in [0.2, 0.25) is 0 Å². The number of nitrogens with zero attached hydrogens (tertiary/aromatic N) is 2. The molecule has 0 saturated carbocycles. The first kappa shape index (κ1) is 17.9. The second-order valence-corrected chi connectivity index (χ2v) is 8.27. The summed E-state index contributed by atoms with van der Waals surface area (Å²) < 4.78 is 1.20. The highest BCUT2D eigenvalue weighted by Gasteiger charge is 2.32. The smallest absolute Gasteiger partial charge is 0.251 e. The monoisotopic (exact) mass is 376 g/mol. The Balaban J connectivity index is 2.02. The molecule has 2 heterocycles. The zero-order chi connectivity index (χ0) is 19.1. The van der Waals surface area contributed by atoms with Crippen molar-refractivity contribution in [3.63, 3.8) is 0 Å². The van der Waals surface area contributed by atoms with Crippen LogP contribution in [0.1, 0.15) is 41.8 Å². The van der Waals surface area contributed by atoms with E-state index in [0.29, 0.717) is 6.54 Å². The van der Waals surface area contributed by atoms with Crippen molar-refractivity contribution in [3.05, 3.63) is 64.0 Å². The first-order chi connectivity index (χ1) is 13.0. The third-order valence-electron chi connectivity index (χ3n) is 5.23. The number of carbonyl (C=O) groups is 1. The van der Waals surface area contributed by atoms with Crippen molar-refractivity contribution < 1.29 is 4.79 Å². The summed E-state index contributed by atoms with van der Waals surface area (Å²) in [5.74, 6) is 0.0838. The molecule has 0 N–H and O–H groups in total. The molecule has 2 aromatic carbocycles. The quantitative estimate of drug-likeness (QED) is 0.594. The zero-order valence-electron chi connectivity index (χ0n) is 16.2. The lowest BCUT2D eigenvalue weighted by Crippen LogP contribution is -2.37. The molecular formula is C23H24N2OS. The molecule has 138 valence electrons. The van der Waals surface area contributed by atoms with E-state index in [2.05, 4.69) is 57.2 Å². The van der Waals surface area contributed by atoms with Crippen LogP contribution in [0, 0.1) is 13.8 Å². The van der Waals surface area contributed by atoms with E-state index in [4.69, 9.17) is 4.99 Å². The van der Waals surface area contributed by atoms with Crippen molar-refractivity contribution in [1.82, 2.24) is 0 Å². The van der Waals surface area contributed by atoms with Crippen LogP contribution in [0.25, 0.3) is 10.1 Å². The topological polar surface area (TPSA) is 32.7 Å². The van der Waals surface area contributed by atoms with E-state index in [-0.39, 0.29) is 11.9 Å². The zero-order valence-corrected chi connectivity index (χ0v) is 17.1. The molecule has 0 radical (unpaired) electrons. The van der Waals surface area contributed by atoms with Gasteiger partial charge in [0.1, 0.15) is 6.04 Å². The third-order valence-corrected chi connectivity index (χ3v) is 6.39. The fraction of sp³-hybridized carbons (Fsp3) is 0.304. The minimum Gasteiger partial charge on any atom is -0.308 e. The maximum Gasteiger partial charge on any atom is 0.251 e. The van der Waals surface area contributed by atoms with E-state index < -0.39 is 0 Å². The molecule has 27 heavy (non-hydrogen) atoms. The second kappa shape index (κ2) is 6.93. The number of aliphatic imine (C=N–C) groups is 1. The third kappa shape index (κ3) is 2.98. The highest BCUT2D eigenvalue weighted by molar-refractivity contribution is 7.22. The lowest BCUT2D eigenvalue weighted by atomic mass is 10.0. The molecular weight excluding hydrogens is 352 g/mol. The van der Waals surface area contributed by atoms with E-state index in [0.717, 1.165) is 33.6 Å². The number of thiophene rings is 1. The standard InChI is InChI=1S/C23H24N2OS/c1-5-12-25-21-18-8-6-7-9-19(18)27-22(21)20(24-16(4)23(25)26)17-11-10-14(2)15(3)13-17/h6-11,13,16H,5,12H2,1-4H3. The fourth-order valence-electron chi connectivity index (χ4n) is 3.64. The van der Waals surface area contributed by atoms with Crippen molar-refractivity contribution in [3.8, 4) is 0 Å². The van der Waals surface area contributed by atoms with Gasteiger partial charge in [-0.15, -0.1) is 11.3 Å². The average molecular weight is 377 g/mol. The van der Waals surface area contributed by atoms with E-state index in [1.54, 1.807) is 11.3 Å². The molecule has 1 amide bonds. The maximum absolute atomic E-state index is 13.2. The Bertz CT molecular complexity index is 1060. The number of benzene rings is 2. The normalized spacial score (nSPS) is 17.0. The minimum absolute atomic E-state index is 0.0838. The summed E-state index contributed by atoms with van der Waals surface area (Å²) in [4.78, 5) is 21.1. The Labute approximate surface area is 164 Å². The van der Waals surface area contributed by atoms with Crippen molar-refractivity contribution in [2.24, 2.45) is 4.99 Å². The van der Waals surface area contributed by atoms with Gasteiger partial charge in [-0.25, -0.2) is 0 Å². The van der Waals surface area contributed by atoms with Crippen molar-refractivity contribution >= 4 is 38.7 Å². The van der Waals surface area contributed by atoms with E-state index in [1.165, 1.54) is 15.8 Å². The number of anilines is 1. The predicted octanol–water partition coefficient (Wildman–Crippen LogP) is 5.50. The van der Waals surface area contributed by atoms with E-state index in [9.17, 15) is 4.79 Å². The fourth-order valence-corrected chi connectivity index (χ4v) is 4.87. The summed E-state index contributed by atoms with van der Waals surface area (Å²) in [6.07, 6.45) is 0.918. The summed E-state index contributed by atoms with van der Waals surface area (Å²) in [7, 11) is 0. The Hall–Kier alpha value is -2.46. The van der Waals surface area contributed by atoms with Gasteiger partial charge in [0, 0.05) is 22.2 Å². The second-order valence-electron chi connectivity index (χ2n) is 7.22. The van der Waals surface area contributed by atoms with Crippen LogP contribution in [-0.2, 0) is 4.79 Å². The van der Waals surface area contributed by atoms with Gasteiger partial charge < -0.3 is 4.90 Å². The molecule has 1 aliphatic rings. The van der Waals surface area contributed by atoms with Gasteiger partial charge in [0.15, 0.2) is 0 Å². The molecule has 0 saturated heterocycles. The molecule has 0 fully saturated rings.